The van der Waals surface area contributed by atoms with Gasteiger partial charge in [0.15, 0.2) is 0 Å². The second kappa shape index (κ2) is 10.8. The van der Waals surface area contributed by atoms with Gasteiger partial charge in [0, 0.05) is 52.4 Å². The van der Waals surface area contributed by atoms with Crippen molar-refractivity contribution in [3.63, 3.8) is 0 Å². The van der Waals surface area contributed by atoms with Gasteiger partial charge in [-0.1, -0.05) is 50.1 Å². The van der Waals surface area contributed by atoms with Crippen molar-refractivity contribution in [1.29, 1.82) is 0 Å². The number of hydrogen-bond donors (Lipinski definition) is 1. The van der Waals surface area contributed by atoms with Crippen LogP contribution in [0.5, 0.6) is 0 Å². The van der Waals surface area contributed by atoms with Crippen LogP contribution in [0, 0.1) is 5.92 Å². The van der Waals surface area contributed by atoms with Crippen LogP contribution < -0.4 is 5.32 Å². The van der Waals surface area contributed by atoms with Crippen molar-refractivity contribution in [2.24, 2.45) is 5.92 Å². The number of nitrogens with zero attached hydrogens (tertiary/aromatic N) is 3. The van der Waals surface area contributed by atoms with Crippen molar-refractivity contribution >= 4 is 6.03 Å². The van der Waals surface area contributed by atoms with E-state index in [4.69, 9.17) is 0 Å². The zero-order valence-electron chi connectivity index (χ0n) is 17.8. The molecule has 3 rings (SSSR count). The van der Waals surface area contributed by atoms with E-state index in [0.717, 1.165) is 71.0 Å². The van der Waals surface area contributed by atoms with Crippen molar-refractivity contribution in [3.05, 3.63) is 35.9 Å². The molecule has 2 unspecified atom stereocenters. The Morgan fingerprint density at radius 3 is 2.54 bits per heavy atom. The molecule has 156 valence electrons. The molecule has 5 nitrogen and oxygen atoms in total. The van der Waals surface area contributed by atoms with E-state index in [-0.39, 0.29) is 6.03 Å². The predicted molar refractivity (Wildman–Crippen MR) is 115 cm³/mol. The molecule has 1 saturated carbocycles. The molecule has 28 heavy (non-hydrogen) atoms. The largest absolute Gasteiger partial charge is 0.338 e. The van der Waals surface area contributed by atoms with E-state index in [9.17, 15) is 4.79 Å². The Hall–Kier alpha value is -1.59. The molecule has 2 aliphatic rings. The van der Waals surface area contributed by atoms with E-state index < -0.39 is 0 Å². The highest BCUT2D eigenvalue weighted by atomic mass is 16.2. The number of carbonyl (C=O) groups is 1. The first-order valence-corrected chi connectivity index (χ1v) is 11.1. The quantitative estimate of drug-likeness (QED) is 0.730. The molecule has 0 bridgehead atoms. The van der Waals surface area contributed by atoms with E-state index in [1.807, 2.05) is 11.9 Å². The fourth-order valence-electron chi connectivity index (χ4n) is 4.56. The molecule has 1 aliphatic carbocycles. The number of nitrogens with one attached hydrogen (secondary N) is 1. The summed E-state index contributed by atoms with van der Waals surface area (Å²) in [5, 5.41) is 3.13. The van der Waals surface area contributed by atoms with Crippen LogP contribution >= 0.6 is 0 Å². The highest BCUT2D eigenvalue weighted by Gasteiger charge is 2.25. The van der Waals surface area contributed by atoms with E-state index in [1.54, 1.807) is 0 Å². The van der Waals surface area contributed by atoms with Crippen LogP contribution in [0.1, 0.15) is 44.6 Å². The third kappa shape index (κ3) is 6.49. The lowest BCUT2D eigenvalue weighted by Gasteiger charge is -2.35. The second-order valence-corrected chi connectivity index (χ2v) is 8.73. The van der Waals surface area contributed by atoms with Gasteiger partial charge in [0.2, 0.25) is 0 Å². The van der Waals surface area contributed by atoms with E-state index in [2.05, 4.69) is 52.4 Å². The summed E-state index contributed by atoms with van der Waals surface area (Å²) in [5.74, 6) is 0.745. The minimum absolute atomic E-state index is 0.104. The Morgan fingerprint density at radius 2 is 1.82 bits per heavy atom. The first-order valence-electron chi connectivity index (χ1n) is 11.1. The predicted octanol–water partition coefficient (Wildman–Crippen LogP) is 3.41. The number of benzene rings is 1. The van der Waals surface area contributed by atoms with Gasteiger partial charge in [-0.2, -0.15) is 0 Å². The third-order valence-corrected chi connectivity index (χ3v) is 6.42. The zero-order chi connectivity index (χ0) is 19.8. The average molecular weight is 387 g/mol. The maximum atomic E-state index is 12.4. The Morgan fingerprint density at radius 1 is 1.11 bits per heavy atom. The van der Waals surface area contributed by atoms with Gasteiger partial charge in [0.25, 0.3) is 0 Å². The summed E-state index contributed by atoms with van der Waals surface area (Å²) in [4.78, 5) is 19.4. The smallest absolute Gasteiger partial charge is 0.317 e. The van der Waals surface area contributed by atoms with Crippen molar-refractivity contribution in [2.75, 3.05) is 46.3 Å². The third-order valence-electron chi connectivity index (χ3n) is 6.42. The summed E-state index contributed by atoms with van der Waals surface area (Å²) in [6.07, 6.45) is 5.89. The molecular weight excluding hydrogens is 348 g/mol. The molecule has 1 heterocycles. The Balaban J connectivity index is 1.27. The summed E-state index contributed by atoms with van der Waals surface area (Å²) in [6.45, 7) is 9.71. The van der Waals surface area contributed by atoms with Gasteiger partial charge in [-0.25, -0.2) is 4.79 Å². The molecule has 1 N–H and O–H groups in total. The summed E-state index contributed by atoms with van der Waals surface area (Å²) in [5.41, 5.74) is 1.40. The van der Waals surface area contributed by atoms with Gasteiger partial charge >= 0.3 is 6.03 Å². The first-order chi connectivity index (χ1) is 13.6. The summed E-state index contributed by atoms with van der Waals surface area (Å²) in [6, 6.07) is 11.2. The number of piperazine rings is 1. The van der Waals surface area contributed by atoms with Crippen LogP contribution in [0.3, 0.4) is 0 Å². The molecule has 0 aromatic heterocycles. The number of rotatable bonds is 7. The molecule has 1 aromatic rings. The maximum absolute atomic E-state index is 12.4. The van der Waals surface area contributed by atoms with Crippen LogP contribution in [-0.2, 0) is 6.54 Å². The molecule has 1 aromatic carbocycles. The summed E-state index contributed by atoms with van der Waals surface area (Å²) >= 11 is 0. The lowest BCUT2D eigenvalue weighted by atomic mass is 9.86. The number of amides is 2. The van der Waals surface area contributed by atoms with Gasteiger partial charge in [-0.3, -0.25) is 4.90 Å². The number of carbonyl (C=O) groups excluding carboxylic acids is 1. The molecule has 2 amide bonds. The van der Waals surface area contributed by atoms with Crippen LogP contribution in [0.2, 0.25) is 0 Å². The minimum Gasteiger partial charge on any atom is -0.338 e. The summed E-state index contributed by atoms with van der Waals surface area (Å²) in [7, 11) is 1.96. The Labute approximate surface area is 171 Å². The van der Waals surface area contributed by atoms with E-state index in [1.165, 1.54) is 18.4 Å². The Bertz CT molecular complexity index is 586. The molecule has 1 saturated heterocycles. The highest BCUT2D eigenvalue weighted by Crippen LogP contribution is 2.26. The van der Waals surface area contributed by atoms with Crippen LogP contribution in [0.15, 0.2) is 30.3 Å². The standard InChI is InChI=1S/C23H38N4O/c1-20-8-6-11-22(18-20)25(2)23(28)24-12-7-13-26-14-16-27(17-15-26)19-21-9-4-3-5-10-21/h3-5,9-10,20,22H,6-8,11-19H2,1-2H3,(H,24,28). The maximum Gasteiger partial charge on any atom is 0.317 e. The van der Waals surface area contributed by atoms with Crippen molar-refractivity contribution in [1.82, 2.24) is 20.0 Å². The second-order valence-electron chi connectivity index (χ2n) is 8.73. The van der Waals surface area contributed by atoms with Crippen LogP contribution in [0.4, 0.5) is 4.79 Å². The fourth-order valence-corrected chi connectivity index (χ4v) is 4.56. The molecule has 2 fully saturated rings. The summed E-state index contributed by atoms with van der Waals surface area (Å²) < 4.78 is 0. The molecule has 0 spiro atoms. The molecular formula is C23H38N4O. The van der Waals surface area contributed by atoms with E-state index in [0.29, 0.717) is 6.04 Å². The van der Waals surface area contributed by atoms with Gasteiger partial charge in [0.05, 0.1) is 0 Å². The van der Waals surface area contributed by atoms with Crippen LogP contribution in [-0.4, -0.2) is 73.1 Å². The monoisotopic (exact) mass is 386 g/mol. The lowest BCUT2D eigenvalue weighted by molar-refractivity contribution is 0.125. The molecule has 0 radical (unpaired) electrons. The first kappa shape index (κ1) is 21.1. The van der Waals surface area contributed by atoms with Crippen molar-refractivity contribution < 1.29 is 4.79 Å². The minimum atomic E-state index is 0.104. The highest BCUT2D eigenvalue weighted by molar-refractivity contribution is 5.74. The van der Waals surface area contributed by atoms with Gasteiger partial charge in [-0.05, 0) is 37.3 Å². The fraction of sp³-hybridized carbons (Fsp3) is 0.696. The number of hydrogen-bond acceptors (Lipinski definition) is 3. The normalized spacial score (nSPS) is 24.1. The van der Waals surface area contributed by atoms with Gasteiger partial charge < -0.3 is 15.1 Å². The van der Waals surface area contributed by atoms with E-state index >= 15 is 0 Å². The van der Waals surface area contributed by atoms with Crippen molar-refractivity contribution in [3.8, 4) is 0 Å². The molecule has 5 heteroatoms. The van der Waals surface area contributed by atoms with Gasteiger partial charge in [0.1, 0.15) is 0 Å². The SMILES string of the molecule is CC1CCCC(N(C)C(=O)NCCCN2CCN(Cc3ccccc3)CC2)C1. The van der Waals surface area contributed by atoms with Crippen molar-refractivity contribution in [2.45, 2.75) is 51.6 Å². The molecule has 2 atom stereocenters. The average Bonchev–Trinajstić information content (AvgIpc) is 2.72. The lowest BCUT2D eigenvalue weighted by Crippen LogP contribution is -2.47. The Kier molecular flexibility index (Phi) is 8.16. The topological polar surface area (TPSA) is 38.8 Å². The zero-order valence-corrected chi connectivity index (χ0v) is 17.8. The number of urea groups is 1. The molecule has 1 aliphatic heterocycles. The van der Waals surface area contributed by atoms with Gasteiger partial charge in [-0.15, -0.1) is 0 Å². The van der Waals surface area contributed by atoms with Crippen LogP contribution in [0.25, 0.3) is 0 Å².